The highest BCUT2D eigenvalue weighted by Gasteiger charge is 2.20. The average Bonchev–Trinajstić information content (AvgIpc) is 2.62. The molecule has 1 aromatic rings. The van der Waals surface area contributed by atoms with Crippen molar-refractivity contribution in [1.29, 1.82) is 0 Å². The highest BCUT2D eigenvalue weighted by atomic mass is 16.2. The maximum atomic E-state index is 12.6. The molecule has 0 atom stereocenters. The van der Waals surface area contributed by atoms with Crippen LogP contribution in [0.4, 0.5) is 0 Å². The van der Waals surface area contributed by atoms with E-state index in [1.165, 1.54) is 0 Å². The van der Waals surface area contributed by atoms with Crippen LogP contribution in [0.25, 0.3) is 0 Å². The van der Waals surface area contributed by atoms with E-state index in [4.69, 9.17) is 0 Å². The van der Waals surface area contributed by atoms with E-state index in [1.54, 1.807) is 0 Å². The Labute approximate surface area is 138 Å². The van der Waals surface area contributed by atoms with Crippen LogP contribution in [-0.2, 0) is 4.79 Å². The van der Waals surface area contributed by atoms with E-state index >= 15 is 0 Å². The van der Waals surface area contributed by atoms with E-state index in [2.05, 4.69) is 12.2 Å². The summed E-state index contributed by atoms with van der Waals surface area (Å²) >= 11 is 0. The molecule has 0 radical (unpaired) electrons. The normalized spacial score (nSPS) is 14.6. The number of benzene rings is 1. The maximum absolute atomic E-state index is 12.6. The molecule has 5 nitrogen and oxygen atoms in total. The Hall–Kier alpha value is -1.88. The molecule has 1 aliphatic heterocycles. The largest absolute Gasteiger partial charge is 0.340 e. The van der Waals surface area contributed by atoms with Gasteiger partial charge >= 0.3 is 0 Å². The van der Waals surface area contributed by atoms with E-state index in [-0.39, 0.29) is 11.8 Å². The lowest BCUT2D eigenvalue weighted by Gasteiger charge is -2.29. The van der Waals surface area contributed by atoms with Crippen molar-refractivity contribution in [3.05, 3.63) is 35.9 Å². The fourth-order valence-electron chi connectivity index (χ4n) is 2.73. The summed E-state index contributed by atoms with van der Waals surface area (Å²) in [6.45, 7) is 6.55. The van der Waals surface area contributed by atoms with Crippen molar-refractivity contribution in [2.75, 3.05) is 39.3 Å². The molecule has 2 amide bonds. The molecule has 0 unspecified atom stereocenters. The molecule has 126 valence electrons. The first-order valence-corrected chi connectivity index (χ1v) is 8.55. The highest BCUT2D eigenvalue weighted by Crippen LogP contribution is 2.08. The molecule has 1 fully saturated rings. The number of unbranched alkanes of at least 4 members (excludes halogenated alkanes) is 1. The monoisotopic (exact) mass is 317 g/mol. The molecule has 2 rings (SSSR count). The lowest BCUT2D eigenvalue weighted by atomic mass is 10.1. The van der Waals surface area contributed by atoms with Gasteiger partial charge in [-0.1, -0.05) is 31.5 Å². The van der Waals surface area contributed by atoms with Gasteiger partial charge in [-0.05, 0) is 18.6 Å². The SMILES string of the molecule is CCCCN(CCC(=O)N1CCNCC1)C(=O)c1ccccc1. The van der Waals surface area contributed by atoms with Crippen LogP contribution in [0, 0.1) is 0 Å². The van der Waals surface area contributed by atoms with Crippen LogP contribution in [0.5, 0.6) is 0 Å². The van der Waals surface area contributed by atoms with Crippen LogP contribution in [-0.4, -0.2) is 60.9 Å². The summed E-state index contributed by atoms with van der Waals surface area (Å²) in [5, 5.41) is 3.24. The molecule has 23 heavy (non-hydrogen) atoms. The Morgan fingerprint density at radius 3 is 2.48 bits per heavy atom. The van der Waals surface area contributed by atoms with Crippen LogP contribution in [0.3, 0.4) is 0 Å². The van der Waals surface area contributed by atoms with E-state index in [0.717, 1.165) is 39.0 Å². The van der Waals surface area contributed by atoms with Gasteiger partial charge in [0.2, 0.25) is 5.91 Å². The van der Waals surface area contributed by atoms with Gasteiger partial charge in [0.15, 0.2) is 0 Å². The zero-order valence-corrected chi connectivity index (χ0v) is 14.0. The Kier molecular flexibility index (Phi) is 7.07. The number of piperazine rings is 1. The first-order valence-electron chi connectivity index (χ1n) is 8.55. The van der Waals surface area contributed by atoms with Crippen molar-refractivity contribution in [3.8, 4) is 0 Å². The van der Waals surface area contributed by atoms with Gasteiger partial charge < -0.3 is 15.1 Å². The zero-order valence-electron chi connectivity index (χ0n) is 14.0. The van der Waals surface area contributed by atoms with Gasteiger partial charge in [-0.2, -0.15) is 0 Å². The lowest BCUT2D eigenvalue weighted by molar-refractivity contribution is -0.131. The maximum Gasteiger partial charge on any atom is 0.253 e. The summed E-state index contributed by atoms with van der Waals surface area (Å²) in [7, 11) is 0. The van der Waals surface area contributed by atoms with Crippen molar-refractivity contribution in [3.63, 3.8) is 0 Å². The Morgan fingerprint density at radius 1 is 1.13 bits per heavy atom. The molecule has 1 saturated heterocycles. The van der Waals surface area contributed by atoms with Gasteiger partial charge in [-0.3, -0.25) is 9.59 Å². The van der Waals surface area contributed by atoms with Crippen molar-refractivity contribution >= 4 is 11.8 Å². The lowest BCUT2D eigenvalue weighted by Crippen LogP contribution is -2.47. The summed E-state index contributed by atoms with van der Waals surface area (Å²) in [5.41, 5.74) is 0.693. The Bertz CT molecular complexity index is 498. The van der Waals surface area contributed by atoms with Gasteiger partial charge in [0.05, 0.1) is 0 Å². The van der Waals surface area contributed by atoms with Crippen LogP contribution in [0.2, 0.25) is 0 Å². The smallest absolute Gasteiger partial charge is 0.253 e. The quantitative estimate of drug-likeness (QED) is 0.833. The summed E-state index contributed by atoms with van der Waals surface area (Å²) in [5.74, 6) is 0.168. The zero-order chi connectivity index (χ0) is 16.5. The summed E-state index contributed by atoms with van der Waals surface area (Å²) in [6.07, 6.45) is 2.40. The predicted octanol–water partition coefficient (Wildman–Crippen LogP) is 1.75. The van der Waals surface area contributed by atoms with Crippen LogP contribution in [0.1, 0.15) is 36.5 Å². The van der Waals surface area contributed by atoms with Crippen molar-refractivity contribution in [2.45, 2.75) is 26.2 Å². The minimum Gasteiger partial charge on any atom is -0.340 e. The molecule has 0 saturated carbocycles. The second-order valence-corrected chi connectivity index (χ2v) is 5.89. The molecule has 1 N–H and O–H groups in total. The number of carbonyl (C=O) groups excluding carboxylic acids is 2. The number of nitrogens with one attached hydrogen (secondary N) is 1. The number of amides is 2. The van der Waals surface area contributed by atoms with E-state index in [1.807, 2.05) is 40.1 Å². The number of carbonyl (C=O) groups is 2. The van der Waals surface area contributed by atoms with Crippen LogP contribution in [0.15, 0.2) is 30.3 Å². The number of nitrogens with zero attached hydrogens (tertiary/aromatic N) is 2. The first kappa shape index (κ1) is 17.5. The van der Waals surface area contributed by atoms with Gasteiger partial charge in [0.25, 0.3) is 5.91 Å². The third-order valence-electron chi connectivity index (χ3n) is 4.15. The molecular weight excluding hydrogens is 290 g/mol. The molecule has 0 bridgehead atoms. The topological polar surface area (TPSA) is 52.7 Å². The van der Waals surface area contributed by atoms with Crippen molar-refractivity contribution in [1.82, 2.24) is 15.1 Å². The second-order valence-electron chi connectivity index (χ2n) is 5.89. The summed E-state index contributed by atoms with van der Waals surface area (Å²) < 4.78 is 0. The third-order valence-corrected chi connectivity index (χ3v) is 4.15. The van der Waals surface area contributed by atoms with Gasteiger partial charge in [-0.15, -0.1) is 0 Å². The summed E-state index contributed by atoms with van der Waals surface area (Å²) in [4.78, 5) is 28.6. The molecule has 0 aromatic heterocycles. The minimum atomic E-state index is 0.0205. The number of hydrogen-bond acceptors (Lipinski definition) is 3. The Morgan fingerprint density at radius 2 is 1.83 bits per heavy atom. The number of rotatable bonds is 7. The fraction of sp³-hybridized carbons (Fsp3) is 0.556. The van der Waals surface area contributed by atoms with E-state index in [9.17, 15) is 9.59 Å². The fourth-order valence-corrected chi connectivity index (χ4v) is 2.73. The molecule has 1 aromatic carbocycles. The number of hydrogen-bond donors (Lipinski definition) is 1. The summed E-state index contributed by atoms with van der Waals surface area (Å²) in [6, 6.07) is 9.31. The first-order chi connectivity index (χ1) is 11.2. The average molecular weight is 317 g/mol. The van der Waals surface area contributed by atoms with Gasteiger partial charge in [-0.25, -0.2) is 0 Å². The minimum absolute atomic E-state index is 0.0205. The Balaban J connectivity index is 1.92. The second kappa shape index (κ2) is 9.30. The van der Waals surface area contributed by atoms with Gasteiger partial charge in [0.1, 0.15) is 0 Å². The molecule has 1 heterocycles. The van der Waals surface area contributed by atoms with E-state index < -0.39 is 0 Å². The predicted molar refractivity (Wildman–Crippen MR) is 91.3 cm³/mol. The molecule has 5 heteroatoms. The molecule has 1 aliphatic rings. The van der Waals surface area contributed by atoms with Crippen molar-refractivity contribution < 1.29 is 9.59 Å². The highest BCUT2D eigenvalue weighted by molar-refractivity contribution is 5.94. The third kappa shape index (κ3) is 5.36. The molecular formula is C18H27N3O2. The molecule has 0 aliphatic carbocycles. The van der Waals surface area contributed by atoms with Crippen LogP contribution >= 0.6 is 0 Å². The van der Waals surface area contributed by atoms with E-state index in [0.29, 0.717) is 25.1 Å². The van der Waals surface area contributed by atoms with Crippen LogP contribution < -0.4 is 5.32 Å². The van der Waals surface area contributed by atoms with Crippen molar-refractivity contribution in [2.24, 2.45) is 0 Å². The molecule has 0 spiro atoms. The standard InChI is InChI=1S/C18H27N3O2/c1-2-3-12-21(18(23)16-7-5-4-6-8-16)13-9-17(22)20-14-10-19-11-15-20/h4-8,19H,2-3,9-15H2,1H3. The van der Waals surface area contributed by atoms with Gasteiger partial charge in [0, 0.05) is 51.3 Å².